The Kier molecular flexibility index (Phi) is 5.23. The first-order valence-corrected chi connectivity index (χ1v) is 10.2. The van der Waals surface area contributed by atoms with Gasteiger partial charge in [-0.3, -0.25) is 0 Å². The van der Waals surface area contributed by atoms with E-state index in [4.69, 9.17) is 15.0 Å². The largest absolute Gasteiger partial charge is 0.494 e. The number of ether oxygens (including phenoxy) is 1. The quantitative estimate of drug-likeness (QED) is 0.740. The molecule has 0 radical (unpaired) electrons. The molecular formula is C21H30N4O2. The van der Waals surface area contributed by atoms with Gasteiger partial charge in [-0.05, 0) is 67.7 Å². The van der Waals surface area contributed by atoms with E-state index in [0.717, 1.165) is 61.1 Å². The normalized spacial score (nSPS) is 23.0. The molecule has 1 aromatic heterocycles. The van der Waals surface area contributed by atoms with E-state index < -0.39 is 0 Å². The number of anilines is 2. The summed E-state index contributed by atoms with van der Waals surface area (Å²) in [6.07, 6.45) is 4.95. The van der Waals surface area contributed by atoms with Crippen LogP contribution in [-0.2, 0) is 0 Å². The van der Waals surface area contributed by atoms with E-state index >= 15 is 0 Å². The van der Waals surface area contributed by atoms with Gasteiger partial charge in [0.05, 0.1) is 6.61 Å². The van der Waals surface area contributed by atoms with Gasteiger partial charge in [0.15, 0.2) is 5.82 Å². The Morgan fingerprint density at radius 3 is 2.63 bits per heavy atom. The molecule has 146 valence electrons. The molecule has 6 nitrogen and oxygen atoms in total. The average Bonchev–Trinajstić information content (AvgIpc) is 3.26. The summed E-state index contributed by atoms with van der Waals surface area (Å²) in [4.78, 5) is 6.78. The van der Waals surface area contributed by atoms with Gasteiger partial charge in [-0.15, -0.1) is 0 Å². The maximum Gasteiger partial charge on any atom is 0.324 e. The van der Waals surface area contributed by atoms with Crippen molar-refractivity contribution in [3.8, 4) is 5.75 Å². The maximum atomic E-state index is 5.85. The molecule has 0 bridgehead atoms. The average molecular weight is 370 g/mol. The zero-order valence-corrected chi connectivity index (χ0v) is 16.3. The lowest BCUT2D eigenvalue weighted by Crippen LogP contribution is -2.34. The Morgan fingerprint density at radius 2 is 1.96 bits per heavy atom. The van der Waals surface area contributed by atoms with Crippen molar-refractivity contribution in [2.45, 2.75) is 45.4 Å². The van der Waals surface area contributed by atoms with E-state index in [0.29, 0.717) is 11.9 Å². The molecule has 2 aliphatic rings. The molecule has 27 heavy (non-hydrogen) atoms. The summed E-state index contributed by atoms with van der Waals surface area (Å²) in [6.45, 7) is 7.02. The van der Waals surface area contributed by atoms with Crippen LogP contribution in [0.2, 0.25) is 0 Å². The van der Waals surface area contributed by atoms with Gasteiger partial charge in [0.2, 0.25) is 0 Å². The van der Waals surface area contributed by atoms with Gasteiger partial charge in [0, 0.05) is 24.7 Å². The topological polar surface area (TPSA) is 77.4 Å². The fourth-order valence-corrected chi connectivity index (χ4v) is 4.18. The van der Waals surface area contributed by atoms with Gasteiger partial charge in [-0.2, -0.15) is 4.98 Å². The molecule has 2 atom stereocenters. The van der Waals surface area contributed by atoms with Gasteiger partial charge in [-0.25, -0.2) is 0 Å². The number of aromatic nitrogens is 2. The number of rotatable bonds is 7. The molecule has 1 aromatic carbocycles. The standard InChI is InChI=1S/C21H30N4O2/c1-14(2)20-23-21(27-24-20)25-10-7-15(8-11-25)19-13-16(19)9-12-26-18-5-3-17(22)4-6-18/h3-6,14-16,19H,7-13,22H2,1-2H3. The lowest BCUT2D eigenvalue weighted by atomic mass is 9.90. The van der Waals surface area contributed by atoms with Gasteiger partial charge < -0.3 is 19.9 Å². The van der Waals surface area contributed by atoms with E-state index in [1.54, 1.807) is 0 Å². The van der Waals surface area contributed by atoms with Gasteiger partial charge in [0.1, 0.15) is 5.75 Å². The molecule has 0 amide bonds. The molecule has 6 heteroatoms. The highest BCUT2D eigenvalue weighted by Crippen LogP contribution is 2.49. The predicted molar refractivity (Wildman–Crippen MR) is 106 cm³/mol. The summed E-state index contributed by atoms with van der Waals surface area (Å²) >= 11 is 0. The molecule has 1 aliphatic carbocycles. The van der Waals surface area contributed by atoms with Crippen LogP contribution in [0.15, 0.2) is 28.8 Å². The molecule has 2 fully saturated rings. The minimum absolute atomic E-state index is 0.308. The molecule has 2 N–H and O–H groups in total. The second-order valence-corrected chi connectivity index (χ2v) is 8.28. The molecule has 4 rings (SSSR count). The summed E-state index contributed by atoms with van der Waals surface area (Å²) in [5, 5.41) is 4.08. The SMILES string of the molecule is CC(C)c1noc(N2CCC(C3CC3CCOc3ccc(N)cc3)CC2)n1. The number of nitrogens with zero attached hydrogens (tertiary/aromatic N) is 3. The summed E-state index contributed by atoms with van der Waals surface area (Å²) in [7, 11) is 0. The number of piperidine rings is 1. The van der Waals surface area contributed by atoms with Crippen molar-refractivity contribution in [2.75, 3.05) is 30.3 Å². The Hall–Kier alpha value is -2.24. The highest BCUT2D eigenvalue weighted by atomic mass is 16.5. The van der Waals surface area contributed by atoms with E-state index in [9.17, 15) is 0 Å². The molecule has 2 unspecified atom stereocenters. The van der Waals surface area contributed by atoms with Crippen LogP contribution in [0.4, 0.5) is 11.7 Å². The second kappa shape index (κ2) is 7.79. The van der Waals surface area contributed by atoms with Crippen molar-refractivity contribution in [3.63, 3.8) is 0 Å². The van der Waals surface area contributed by atoms with Gasteiger partial charge in [0.25, 0.3) is 0 Å². The third-order valence-electron chi connectivity index (χ3n) is 5.98. The first-order valence-electron chi connectivity index (χ1n) is 10.2. The monoisotopic (exact) mass is 370 g/mol. The molecule has 1 aliphatic heterocycles. The fraction of sp³-hybridized carbons (Fsp3) is 0.619. The lowest BCUT2D eigenvalue weighted by molar-refractivity contribution is 0.282. The van der Waals surface area contributed by atoms with Crippen LogP contribution in [0.1, 0.15) is 51.3 Å². The zero-order valence-electron chi connectivity index (χ0n) is 16.3. The molecule has 2 heterocycles. The predicted octanol–water partition coefficient (Wildman–Crippen LogP) is 4.10. The minimum Gasteiger partial charge on any atom is -0.494 e. The van der Waals surface area contributed by atoms with E-state index in [2.05, 4.69) is 28.9 Å². The number of hydrogen-bond donors (Lipinski definition) is 1. The number of nitrogen functional groups attached to an aromatic ring is 1. The van der Waals surface area contributed by atoms with Crippen molar-refractivity contribution < 1.29 is 9.26 Å². The summed E-state index contributed by atoms with van der Waals surface area (Å²) in [5.74, 6) is 4.55. The highest BCUT2D eigenvalue weighted by Gasteiger charge is 2.43. The van der Waals surface area contributed by atoms with Crippen molar-refractivity contribution in [1.29, 1.82) is 0 Å². The summed E-state index contributed by atoms with van der Waals surface area (Å²) < 4.78 is 11.3. The first-order chi connectivity index (χ1) is 13.1. The summed E-state index contributed by atoms with van der Waals surface area (Å²) in [6, 6.07) is 8.35. The minimum atomic E-state index is 0.308. The zero-order chi connectivity index (χ0) is 18.8. The van der Waals surface area contributed by atoms with E-state index in [1.165, 1.54) is 19.3 Å². The second-order valence-electron chi connectivity index (χ2n) is 8.28. The van der Waals surface area contributed by atoms with Crippen molar-refractivity contribution in [1.82, 2.24) is 10.1 Å². The van der Waals surface area contributed by atoms with Crippen molar-refractivity contribution in [2.24, 2.45) is 17.8 Å². The molecule has 0 spiro atoms. The Morgan fingerprint density at radius 1 is 1.22 bits per heavy atom. The first kappa shape index (κ1) is 18.1. The van der Waals surface area contributed by atoms with E-state index in [1.807, 2.05) is 24.3 Å². The van der Waals surface area contributed by atoms with Crippen LogP contribution in [0.3, 0.4) is 0 Å². The molecular weight excluding hydrogens is 340 g/mol. The van der Waals surface area contributed by atoms with Crippen LogP contribution in [0.5, 0.6) is 5.75 Å². The van der Waals surface area contributed by atoms with Crippen molar-refractivity contribution >= 4 is 11.7 Å². The van der Waals surface area contributed by atoms with Crippen LogP contribution in [0, 0.1) is 17.8 Å². The molecule has 1 saturated carbocycles. The lowest BCUT2D eigenvalue weighted by Gasteiger charge is -2.30. The third-order valence-corrected chi connectivity index (χ3v) is 5.98. The molecule has 1 saturated heterocycles. The van der Waals surface area contributed by atoms with Gasteiger partial charge in [-0.1, -0.05) is 19.0 Å². The van der Waals surface area contributed by atoms with Crippen LogP contribution >= 0.6 is 0 Å². The number of hydrogen-bond acceptors (Lipinski definition) is 6. The fourth-order valence-electron chi connectivity index (χ4n) is 4.18. The molecule has 2 aromatic rings. The smallest absolute Gasteiger partial charge is 0.324 e. The number of benzene rings is 1. The maximum absolute atomic E-state index is 5.85. The highest BCUT2D eigenvalue weighted by molar-refractivity contribution is 5.41. The Labute approximate surface area is 161 Å². The van der Waals surface area contributed by atoms with Crippen LogP contribution in [-0.4, -0.2) is 29.8 Å². The van der Waals surface area contributed by atoms with Crippen LogP contribution in [0.25, 0.3) is 0 Å². The third kappa shape index (κ3) is 4.37. The summed E-state index contributed by atoms with van der Waals surface area (Å²) in [5.41, 5.74) is 6.48. The number of nitrogens with two attached hydrogens (primary N) is 1. The van der Waals surface area contributed by atoms with E-state index in [-0.39, 0.29) is 0 Å². The Bertz CT molecular complexity index is 735. The van der Waals surface area contributed by atoms with Crippen molar-refractivity contribution in [3.05, 3.63) is 30.1 Å². The van der Waals surface area contributed by atoms with Gasteiger partial charge >= 0.3 is 6.01 Å². The Balaban J connectivity index is 1.18. The van der Waals surface area contributed by atoms with Crippen LogP contribution < -0.4 is 15.4 Å².